The molecule has 0 rings (SSSR count). The van der Waals surface area contributed by atoms with Crippen LogP contribution in [0.5, 0.6) is 0 Å². The molecule has 0 N–H and O–H groups in total. The third kappa shape index (κ3) is 5.85. The molecule has 64 valence electrons. The van der Waals surface area contributed by atoms with Crippen LogP contribution >= 0.6 is 0 Å². The van der Waals surface area contributed by atoms with Gasteiger partial charge in [-0.2, -0.15) is 0 Å². The Morgan fingerprint density at radius 2 is 1.36 bits per heavy atom. The van der Waals surface area contributed by atoms with E-state index in [0.717, 1.165) is 0 Å². The van der Waals surface area contributed by atoms with Crippen molar-refractivity contribution in [2.45, 2.75) is 12.8 Å². The Morgan fingerprint density at radius 3 is 1.64 bits per heavy atom. The maximum atomic E-state index is 11.1. The second-order valence-corrected chi connectivity index (χ2v) is 4.61. The molecule has 0 aromatic heterocycles. The Hall–Kier alpha value is -0.570. The SMILES string of the molecule is C=CCCS(=O)(=O)CCC=C. The van der Waals surface area contributed by atoms with Crippen LogP contribution in [0.1, 0.15) is 12.8 Å². The second kappa shape index (κ2) is 5.13. The molecule has 0 bridgehead atoms. The smallest absolute Gasteiger partial charge is 0.150 e. The minimum Gasteiger partial charge on any atom is -0.229 e. The Kier molecular flexibility index (Phi) is 4.86. The Morgan fingerprint density at radius 1 is 1.00 bits per heavy atom. The number of allylic oxidation sites excluding steroid dienone is 2. The lowest BCUT2D eigenvalue weighted by atomic mass is 10.5. The molecular formula is C8H14O2S. The van der Waals surface area contributed by atoms with E-state index >= 15 is 0 Å². The molecule has 0 heterocycles. The molecule has 0 atom stereocenters. The summed E-state index contributed by atoms with van der Waals surface area (Å²) < 4.78 is 22.1. The van der Waals surface area contributed by atoms with Crippen molar-refractivity contribution in [2.24, 2.45) is 0 Å². The highest BCUT2D eigenvalue weighted by atomic mass is 32.2. The van der Waals surface area contributed by atoms with Gasteiger partial charge in [0.15, 0.2) is 9.84 Å². The third-order valence-electron chi connectivity index (χ3n) is 1.27. The summed E-state index contributed by atoms with van der Waals surface area (Å²) in [6, 6.07) is 0. The maximum absolute atomic E-state index is 11.1. The number of hydrogen-bond acceptors (Lipinski definition) is 2. The molecule has 0 unspecified atom stereocenters. The highest BCUT2D eigenvalue weighted by molar-refractivity contribution is 7.91. The Balaban J connectivity index is 3.80. The van der Waals surface area contributed by atoms with Crippen molar-refractivity contribution < 1.29 is 8.42 Å². The average molecular weight is 174 g/mol. The fourth-order valence-electron chi connectivity index (χ4n) is 0.628. The Labute approximate surface area is 68.5 Å². The highest BCUT2D eigenvalue weighted by Gasteiger charge is 2.06. The van der Waals surface area contributed by atoms with Crippen LogP contribution in [0.25, 0.3) is 0 Å². The average Bonchev–Trinajstić information content (AvgIpc) is 1.97. The van der Waals surface area contributed by atoms with Gasteiger partial charge in [-0.25, -0.2) is 8.42 Å². The Bertz CT molecular complexity index is 196. The molecule has 2 nitrogen and oxygen atoms in total. The van der Waals surface area contributed by atoms with E-state index in [2.05, 4.69) is 13.2 Å². The molecule has 0 fully saturated rings. The van der Waals surface area contributed by atoms with E-state index in [1.807, 2.05) is 0 Å². The van der Waals surface area contributed by atoms with Crippen LogP contribution in [0.2, 0.25) is 0 Å². The van der Waals surface area contributed by atoms with Crippen LogP contribution in [0.3, 0.4) is 0 Å². The minimum atomic E-state index is -2.85. The number of rotatable bonds is 6. The van der Waals surface area contributed by atoms with Gasteiger partial charge in [-0.15, -0.1) is 13.2 Å². The van der Waals surface area contributed by atoms with Gasteiger partial charge in [-0.1, -0.05) is 12.2 Å². The molecular weight excluding hydrogens is 160 g/mol. The van der Waals surface area contributed by atoms with Gasteiger partial charge in [-0.3, -0.25) is 0 Å². The van der Waals surface area contributed by atoms with Crippen LogP contribution in [-0.4, -0.2) is 19.9 Å². The zero-order valence-electron chi connectivity index (χ0n) is 6.62. The van der Waals surface area contributed by atoms with E-state index in [0.29, 0.717) is 12.8 Å². The van der Waals surface area contributed by atoms with E-state index in [1.165, 1.54) is 0 Å². The molecule has 0 amide bonds. The fraction of sp³-hybridized carbons (Fsp3) is 0.500. The summed E-state index contributed by atoms with van der Waals surface area (Å²) in [4.78, 5) is 0. The maximum Gasteiger partial charge on any atom is 0.150 e. The summed E-state index contributed by atoms with van der Waals surface area (Å²) in [5, 5.41) is 0. The van der Waals surface area contributed by atoms with Crippen LogP contribution in [-0.2, 0) is 9.84 Å². The summed E-state index contributed by atoms with van der Waals surface area (Å²) >= 11 is 0. The lowest BCUT2D eigenvalue weighted by Gasteiger charge is -1.98. The summed E-state index contributed by atoms with van der Waals surface area (Å²) in [6.45, 7) is 6.92. The molecule has 0 saturated carbocycles. The topological polar surface area (TPSA) is 34.1 Å². The van der Waals surface area contributed by atoms with E-state index in [-0.39, 0.29) is 11.5 Å². The zero-order chi connectivity index (χ0) is 8.74. The summed E-state index contributed by atoms with van der Waals surface area (Å²) in [5.74, 6) is 0.425. The second-order valence-electron chi connectivity index (χ2n) is 2.31. The molecule has 0 aromatic carbocycles. The van der Waals surface area contributed by atoms with Gasteiger partial charge < -0.3 is 0 Å². The lowest BCUT2D eigenvalue weighted by Crippen LogP contribution is -2.09. The van der Waals surface area contributed by atoms with Crippen LogP contribution in [0.15, 0.2) is 25.3 Å². The molecule has 11 heavy (non-hydrogen) atoms. The number of sulfone groups is 1. The highest BCUT2D eigenvalue weighted by Crippen LogP contribution is 1.97. The molecule has 0 aliphatic heterocycles. The fourth-order valence-corrected chi connectivity index (χ4v) is 1.88. The zero-order valence-corrected chi connectivity index (χ0v) is 7.44. The quantitative estimate of drug-likeness (QED) is 0.572. The van der Waals surface area contributed by atoms with Crippen molar-refractivity contribution in [2.75, 3.05) is 11.5 Å². The van der Waals surface area contributed by atoms with Gasteiger partial charge in [0.1, 0.15) is 0 Å². The summed E-state index contributed by atoms with van der Waals surface area (Å²) in [6.07, 6.45) is 4.32. The van der Waals surface area contributed by atoms with E-state index in [9.17, 15) is 8.42 Å². The van der Waals surface area contributed by atoms with Crippen LogP contribution < -0.4 is 0 Å². The predicted octanol–water partition coefficient (Wildman–Crippen LogP) is 1.55. The van der Waals surface area contributed by atoms with Crippen LogP contribution in [0, 0.1) is 0 Å². The van der Waals surface area contributed by atoms with Crippen molar-refractivity contribution in [1.29, 1.82) is 0 Å². The first kappa shape index (κ1) is 10.4. The third-order valence-corrected chi connectivity index (χ3v) is 2.98. The van der Waals surface area contributed by atoms with Crippen molar-refractivity contribution in [3.05, 3.63) is 25.3 Å². The molecule has 0 spiro atoms. The van der Waals surface area contributed by atoms with Crippen molar-refractivity contribution >= 4 is 9.84 Å². The van der Waals surface area contributed by atoms with E-state index in [1.54, 1.807) is 12.2 Å². The summed E-state index contributed by atoms with van der Waals surface area (Å²) in [7, 11) is -2.85. The first-order valence-electron chi connectivity index (χ1n) is 3.54. The van der Waals surface area contributed by atoms with Crippen molar-refractivity contribution in [3.8, 4) is 0 Å². The molecule has 0 aliphatic rings. The lowest BCUT2D eigenvalue weighted by molar-refractivity contribution is 0.595. The van der Waals surface area contributed by atoms with Gasteiger partial charge in [0, 0.05) is 0 Å². The first-order valence-corrected chi connectivity index (χ1v) is 5.37. The number of hydrogen-bond donors (Lipinski definition) is 0. The summed E-state index contributed by atoms with van der Waals surface area (Å²) in [5.41, 5.74) is 0. The van der Waals surface area contributed by atoms with Gasteiger partial charge in [0.05, 0.1) is 11.5 Å². The van der Waals surface area contributed by atoms with E-state index in [4.69, 9.17) is 0 Å². The molecule has 0 aromatic rings. The molecule has 0 aliphatic carbocycles. The van der Waals surface area contributed by atoms with Gasteiger partial charge in [-0.05, 0) is 12.8 Å². The molecule has 0 saturated heterocycles. The van der Waals surface area contributed by atoms with Gasteiger partial charge in [0.2, 0.25) is 0 Å². The first-order chi connectivity index (χ1) is 5.12. The predicted molar refractivity (Wildman–Crippen MR) is 48.3 cm³/mol. The molecule has 3 heteroatoms. The monoisotopic (exact) mass is 174 g/mol. The largest absolute Gasteiger partial charge is 0.229 e. The minimum absolute atomic E-state index is 0.213. The van der Waals surface area contributed by atoms with Crippen molar-refractivity contribution in [3.63, 3.8) is 0 Å². The van der Waals surface area contributed by atoms with E-state index < -0.39 is 9.84 Å². The van der Waals surface area contributed by atoms with Gasteiger partial charge >= 0.3 is 0 Å². The standard InChI is InChI=1S/C8H14O2S/c1-3-5-7-11(9,10)8-6-4-2/h3-4H,1-2,5-8H2. The molecule has 0 radical (unpaired) electrons. The normalized spacial score (nSPS) is 10.9. The van der Waals surface area contributed by atoms with Crippen LogP contribution in [0.4, 0.5) is 0 Å². The van der Waals surface area contributed by atoms with Gasteiger partial charge in [0.25, 0.3) is 0 Å². The van der Waals surface area contributed by atoms with Crippen molar-refractivity contribution in [1.82, 2.24) is 0 Å².